The van der Waals surface area contributed by atoms with Crippen LogP contribution in [0.3, 0.4) is 0 Å². The molecule has 1 amide bonds. The van der Waals surface area contributed by atoms with Gasteiger partial charge in [-0.25, -0.2) is 0 Å². The molecule has 1 aromatic heterocycles. The lowest BCUT2D eigenvalue weighted by molar-refractivity contribution is -0.917. The number of methoxy groups -OCH3 is 1. The second-order valence-corrected chi connectivity index (χ2v) is 7.48. The molecule has 0 spiro atoms. The molecule has 1 N–H and O–H groups in total. The highest BCUT2D eigenvalue weighted by molar-refractivity contribution is 5.93. The fraction of sp³-hybridized carbons (Fsp3) is 0.304. The van der Waals surface area contributed by atoms with Crippen molar-refractivity contribution in [3.63, 3.8) is 0 Å². The minimum Gasteiger partial charge on any atom is -0.497 e. The lowest BCUT2D eigenvalue weighted by Gasteiger charge is -2.32. The Morgan fingerprint density at radius 3 is 2.45 bits per heavy atom. The molecule has 2 aromatic carbocycles. The summed E-state index contributed by atoms with van der Waals surface area (Å²) in [6.07, 6.45) is 3.54. The number of carbonyl (C=O) groups is 1. The Labute approximate surface area is 171 Å². The molecule has 1 aliphatic rings. The second-order valence-electron chi connectivity index (χ2n) is 7.48. The highest BCUT2D eigenvalue weighted by atomic mass is 16.5. The molecular formula is C23H27N4O2+. The van der Waals surface area contributed by atoms with E-state index >= 15 is 0 Å². The van der Waals surface area contributed by atoms with Gasteiger partial charge in [-0.05, 0) is 29.8 Å². The molecule has 6 heteroatoms. The predicted molar refractivity (Wildman–Crippen MR) is 111 cm³/mol. The molecule has 1 fully saturated rings. The number of nitrogens with zero attached hydrogens (tertiary/aromatic N) is 3. The van der Waals surface area contributed by atoms with Gasteiger partial charge in [-0.2, -0.15) is 5.10 Å². The lowest BCUT2D eigenvalue weighted by Crippen LogP contribution is -3.13. The van der Waals surface area contributed by atoms with Crippen molar-refractivity contribution in [2.75, 3.05) is 33.3 Å². The van der Waals surface area contributed by atoms with Crippen LogP contribution in [-0.4, -0.2) is 53.9 Å². The SMILES string of the molecule is COc1ccc(C[NH+]2CCN(C(=O)c3cnn(Cc4ccccc4)c3)CC2)cc1. The summed E-state index contributed by atoms with van der Waals surface area (Å²) in [5.41, 5.74) is 3.13. The van der Waals surface area contributed by atoms with Crippen molar-refractivity contribution in [2.24, 2.45) is 0 Å². The first-order chi connectivity index (χ1) is 14.2. The van der Waals surface area contributed by atoms with Gasteiger partial charge in [0.2, 0.25) is 0 Å². The van der Waals surface area contributed by atoms with Gasteiger partial charge >= 0.3 is 0 Å². The maximum Gasteiger partial charge on any atom is 0.257 e. The topological polar surface area (TPSA) is 51.8 Å². The van der Waals surface area contributed by atoms with Crippen molar-refractivity contribution in [3.05, 3.63) is 83.7 Å². The molecule has 2 heterocycles. The summed E-state index contributed by atoms with van der Waals surface area (Å²) in [5.74, 6) is 0.958. The van der Waals surface area contributed by atoms with Crippen LogP contribution in [-0.2, 0) is 13.1 Å². The summed E-state index contributed by atoms with van der Waals surface area (Å²) >= 11 is 0. The molecule has 1 aliphatic heterocycles. The lowest BCUT2D eigenvalue weighted by atomic mass is 10.2. The number of ether oxygens (including phenoxy) is 1. The standard InChI is InChI=1S/C23H26N4O2/c1-29-22-9-7-20(8-10-22)16-25-11-13-26(14-12-25)23(28)21-15-24-27(18-21)17-19-5-3-2-4-6-19/h2-10,15,18H,11-14,16-17H2,1H3/p+1. The van der Waals surface area contributed by atoms with Crippen LogP contribution in [0.2, 0.25) is 0 Å². The summed E-state index contributed by atoms with van der Waals surface area (Å²) in [4.78, 5) is 16.3. The van der Waals surface area contributed by atoms with Crippen molar-refractivity contribution in [1.82, 2.24) is 14.7 Å². The van der Waals surface area contributed by atoms with E-state index in [2.05, 4.69) is 29.4 Å². The fourth-order valence-corrected chi connectivity index (χ4v) is 3.75. The van der Waals surface area contributed by atoms with Crippen molar-refractivity contribution in [3.8, 4) is 5.75 Å². The van der Waals surface area contributed by atoms with Gasteiger partial charge in [0.25, 0.3) is 5.91 Å². The average molecular weight is 391 g/mol. The molecule has 1 saturated heterocycles. The molecule has 0 saturated carbocycles. The van der Waals surface area contributed by atoms with Crippen LogP contribution >= 0.6 is 0 Å². The molecule has 4 rings (SSSR count). The third kappa shape index (κ3) is 4.84. The van der Waals surface area contributed by atoms with Gasteiger partial charge in [0.1, 0.15) is 12.3 Å². The number of hydrogen-bond donors (Lipinski definition) is 1. The Bertz CT molecular complexity index is 929. The highest BCUT2D eigenvalue weighted by Crippen LogP contribution is 2.11. The number of carbonyl (C=O) groups excluding carboxylic acids is 1. The Morgan fingerprint density at radius 2 is 1.76 bits per heavy atom. The highest BCUT2D eigenvalue weighted by Gasteiger charge is 2.25. The molecule has 150 valence electrons. The predicted octanol–water partition coefficient (Wildman–Crippen LogP) is 1.48. The van der Waals surface area contributed by atoms with Crippen LogP contribution in [0.5, 0.6) is 5.75 Å². The third-order valence-electron chi connectivity index (χ3n) is 5.44. The van der Waals surface area contributed by atoms with Crippen LogP contribution in [0.15, 0.2) is 67.0 Å². The van der Waals surface area contributed by atoms with Gasteiger partial charge < -0.3 is 14.5 Å². The zero-order valence-corrected chi connectivity index (χ0v) is 16.8. The van der Waals surface area contributed by atoms with Crippen LogP contribution in [0, 0.1) is 0 Å². The maximum atomic E-state index is 12.9. The fourth-order valence-electron chi connectivity index (χ4n) is 3.75. The van der Waals surface area contributed by atoms with Crippen molar-refractivity contribution in [1.29, 1.82) is 0 Å². The molecule has 3 aromatic rings. The smallest absolute Gasteiger partial charge is 0.257 e. The molecule has 0 aliphatic carbocycles. The monoisotopic (exact) mass is 391 g/mol. The number of nitrogens with one attached hydrogen (secondary N) is 1. The zero-order valence-electron chi connectivity index (χ0n) is 16.8. The minimum absolute atomic E-state index is 0.0767. The number of aromatic nitrogens is 2. The van der Waals surface area contributed by atoms with Crippen LogP contribution in [0.25, 0.3) is 0 Å². The normalized spacial score (nSPS) is 14.7. The van der Waals surface area contributed by atoms with E-state index in [0.29, 0.717) is 12.1 Å². The minimum atomic E-state index is 0.0767. The van der Waals surface area contributed by atoms with Crippen molar-refractivity contribution < 1.29 is 14.4 Å². The van der Waals surface area contributed by atoms with Gasteiger partial charge in [0.05, 0.1) is 51.6 Å². The Kier molecular flexibility index (Phi) is 5.91. The summed E-state index contributed by atoms with van der Waals surface area (Å²) in [5, 5.41) is 4.37. The van der Waals surface area contributed by atoms with E-state index in [1.807, 2.05) is 46.1 Å². The zero-order chi connectivity index (χ0) is 20.1. The molecule has 0 unspecified atom stereocenters. The number of rotatable bonds is 6. The van der Waals surface area contributed by atoms with Gasteiger partial charge in [-0.15, -0.1) is 0 Å². The number of hydrogen-bond acceptors (Lipinski definition) is 3. The van der Waals surface area contributed by atoms with Gasteiger partial charge in [0, 0.05) is 11.8 Å². The molecule has 0 bridgehead atoms. The first kappa shape index (κ1) is 19.2. The van der Waals surface area contributed by atoms with E-state index in [0.717, 1.165) is 38.5 Å². The van der Waals surface area contributed by atoms with Crippen LogP contribution in [0.4, 0.5) is 0 Å². The van der Waals surface area contributed by atoms with E-state index in [9.17, 15) is 4.79 Å². The van der Waals surface area contributed by atoms with E-state index in [4.69, 9.17) is 4.74 Å². The van der Waals surface area contributed by atoms with Gasteiger partial charge in [-0.3, -0.25) is 9.48 Å². The van der Waals surface area contributed by atoms with E-state index in [-0.39, 0.29) is 5.91 Å². The molecular weight excluding hydrogens is 364 g/mol. The summed E-state index contributed by atoms with van der Waals surface area (Å²) in [7, 11) is 1.68. The van der Waals surface area contributed by atoms with E-state index in [1.165, 1.54) is 16.0 Å². The quantitative estimate of drug-likeness (QED) is 0.693. The largest absolute Gasteiger partial charge is 0.497 e. The summed E-state index contributed by atoms with van der Waals surface area (Å²) in [6, 6.07) is 18.4. The summed E-state index contributed by atoms with van der Waals surface area (Å²) < 4.78 is 7.05. The molecule has 0 atom stereocenters. The van der Waals surface area contributed by atoms with Gasteiger partial charge in [0.15, 0.2) is 0 Å². The van der Waals surface area contributed by atoms with E-state index < -0.39 is 0 Å². The third-order valence-corrected chi connectivity index (χ3v) is 5.44. The maximum absolute atomic E-state index is 12.9. The van der Waals surface area contributed by atoms with Crippen LogP contribution < -0.4 is 9.64 Å². The molecule has 29 heavy (non-hydrogen) atoms. The first-order valence-electron chi connectivity index (χ1n) is 10.0. The summed E-state index contributed by atoms with van der Waals surface area (Å²) in [6.45, 7) is 5.10. The average Bonchev–Trinajstić information content (AvgIpc) is 3.23. The number of quaternary nitrogens is 1. The van der Waals surface area contributed by atoms with Gasteiger partial charge in [-0.1, -0.05) is 30.3 Å². The van der Waals surface area contributed by atoms with E-state index in [1.54, 1.807) is 13.3 Å². The second kappa shape index (κ2) is 8.92. The van der Waals surface area contributed by atoms with Crippen molar-refractivity contribution in [2.45, 2.75) is 13.1 Å². The molecule has 0 radical (unpaired) electrons. The number of piperazine rings is 1. The number of benzene rings is 2. The van der Waals surface area contributed by atoms with Crippen molar-refractivity contribution >= 4 is 5.91 Å². The molecule has 6 nitrogen and oxygen atoms in total. The Morgan fingerprint density at radius 1 is 1.03 bits per heavy atom. The Hall–Kier alpha value is -3.12. The Balaban J connectivity index is 1.29. The van der Waals surface area contributed by atoms with Crippen LogP contribution in [0.1, 0.15) is 21.5 Å². The first-order valence-corrected chi connectivity index (χ1v) is 10.0. The number of amides is 1.